The van der Waals surface area contributed by atoms with Crippen molar-refractivity contribution in [2.75, 3.05) is 25.0 Å². The zero-order valence-electron chi connectivity index (χ0n) is 17.8. The van der Waals surface area contributed by atoms with E-state index >= 15 is 0 Å². The van der Waals surface area contributed by atoms with Crippen molar-refractivity contribution >= 4 is 17.4 Å². The number of nitro groups is 1. The first-order chi connectivity index (χ1) is 16.2. The maximum absolute atomic E-state index is 12.9. The Balaban J connectivity index is 1.36. The molecule has 4 rings (SSSR count). The molecule has 0 unspecified atom stereocenters. The van der Waals surface area contributed by atoms with Crippen LogP contribution in [0, 0.1) is 10.1 Å². The highest BCUT2D eigenvalue weighted by molar-refractivity contribution is 6.04. The number of ether oxygens (including phenoxy) is 1. The average molecular weight is 475 g/mol. The van der Waals surface area contributed by atoms with Crippen LogP contribution < -0.4 is 10.1 Å². The van der Waals surface area contributed by atoms with Crippen molar-refractivity contribution in [2.45, 2.75) is 19.3 Å². The average Bonchev–Trinajstić information content (AvgIpc) is 3.18. The van der Waals surface area contributed by atoms with E-state index in [2.05, 4.69) is 15.2 Å². The van der Waals surface area contributed by atoms with E-state index in [0.29, 0.717) is 38.3 Å². The molecule has 3 aromatic rings. The summed E-state index contributed by atoms with van der Waals surface area (Å²) in [4.78, 5) is 28.8. The van der Waals surface area contributed by atoms with Crippen molar-refractivity contribution in [1.29, 1.82) is 0 Å². The number of halogens is 3. The molecule has 0 fully saturated rings. The van der Waals surface area contributed by atoms with Gasteiger partial charge >= 0.3 is 18.0 Å². The number of carbonyl (C=O) groups excluding carboxylic acids is 1. The number of aromatic nitrogens is 2. The van der Waals surface area contributed by atoms with Gasteiger partial charge in [0.1, 0.15) is 12.8 Å². The van der Waals surface area contributed by atoms with Crippen LogP contribution in [0.1, 0.15) is 21.5 Å². The molecule has 1 N–H and O–H groups in total. The lowest BCUT2D eigenvalue weighted by molar-refractivity contribution is -0.389. The lowest BCUT2D eigenvalue weighted by Crippen LogP contribution is -2.33. The van der Waals surface area contributed by atoms with E-state index in [1.165, 1.54) is 18.3 Å². The number of alkyl halides is 3. The first-order valence-electron chi connectivity index (χ1n) is 10.3. The van der Waals surface area contributed by atoms with Crippen LogP contribution >= 0.6 is 0 Å². The zero-order chi connectivity index (χ0) is 24.3. The van der Waals surface area contributed by atoms with E-state index in [9.17, 15) is 28.1 Å². The van der Waals surface area contributed by atoms with Gasteiger partial charge in [-0.3, -0.25) is 14.3 Å². The Morgan fingerprint density at radius 1 is 1.15 bits per heavy atom. The van der Waals surface area contributed by atoms with Crippen LogP contribution in [0.25, 0.3) is 0 Å². The van der Waals surface area contributed by atoms with E-state index in [-0.39, 0.29) is 17.5 Å². The number of fused-ring (bicyclic) bond motifs is 1. The van der Waals surface area contributed by atoms with Gasteiger partial charge in [-0.2, -0.15) is 13.2 Å². The number of rotatable bonds is 5. The maximum atomic E-state index is 12.9. The fraction of sp³-hybridized carbons (Fsp3) is 0.273. The number of hydrogen-bond donors (Lipinski definition) is 1. The van der Waals surface area contributed by atoms with Gasteiger partial charge in [0.15, 0.2) is 0 Å². The second-order valence-electron chi connectivity index (χ2n) is 7.69. The SMILES string of the molecule is O=C(Nc1cccc(C(F)(F)F)c1)c1ccc(CN2CCOc3nc([N+](=O)[O-])cn3CC2)cc1. The summed E-state index contributed by atoms with van der Waals surface area (Å²) in [6.45, 7) is 2.53. The Morgan fingerprint density at radius 3 is 2.62 bits per heavy atom. The van der Waals surface area contributed by atoms with Crippen LogP contribution in [-0.4, -0.2) is 45.0 Å². The summed E-state index contributed by atoms with van der Waals surface area (Å²) in [5, 5.41) is 13.4. The molecule has 2 heterocycles. The molecular weight excluding hydrogens is 455 g/mol. The summed E-state index contributed by atoms with van der Waals surface area (Å²) in [5.41, 5.74) is 0.458. The monoisotopic (exact) mass is 475 g/mol. The number of nitrogens with one attached hydrogen (secondary N) is 1. The highest BCUT2D eigenvalue weighted by atomic mass is 19.4. The van der Waals surface area contributed by atoms with Gasteiger partial charge in [-0.1, -0.05) is 18.2 Å². The van der Waals surface area contributed by atoms with Crippen molar-refractivity contribution in [3.63, 3.8) is 0 Å². The fourth-order valence-corrected chi connectivity index (χ4v) is 3.53. The molecule has 0 bridgehead atoms. The van der Waals surface area contributed by atoms with Gasteiger partial charge in [0.25, 0.3) is 5.91 Å². The Bertz CT molecular complexity index is 1190. The number of nitrogens with zero attached hydrogens (tertiary/aromatic N) is 4. The lowest BCUT2D eigenvalue weighted by Gasteiger charge is -2.24. The summed E-state index contributed by atoms with van der Waals surface area (Å²) < 4.78 is 45.7. The number of imidazole rings is 1. The van der Waals surface area contributed by atoms with Crippen molar-refractivity contribution in [1.82, 2.24) is 14.5 Å². The molecule has 34 heavy (non-hydrogen) atoms. The predicted molar refractivity (Wildman–Crippen MR) is 115 cm³/mol. The summed E-state index contributed by atoms with van der Waals surface area (Å²) in [6, 6.07) is 11.4. The van der Waals surface area contributed by atoms with E-state index in [1.807, 2.05) is 0 Å². The molecule has 2 aromatic carbocycles. The number of hydrogen-bond acceptors (Lipinski definition) is 6. The highest BCUT2D eigenvalue weighted by Crippen LogP contribution is 2.30. The molecule has 9 nitrogen and oxygen atoms in total. The highest BCUT2D eigenvalue weighted by Gasteiger charge is 2.30. The van der Waals surface area contributed by atoms with Gasteiger partial charge in [-0.15, -0.1) is 0 Å². The summed E-state index contributed by atoms with van der Waals surface area (Å²) >= 11 is 0. The van der Waals surface area contributed by atoms with Gasteiger partial charge in [-0.25, -0.2) is 0 Å². The number of amides is 1. The fourth-order valence-electron chi connectivity index (χ4n) is 3.53. The summed E-state index contributed by atoms with van der Waals surface area (Å²) in [6.07, 6.45) is -3.15. The Labute approximate surface area is 191 Å². The Kier molecular flexibility index (Phi) is 6.50. The second-order valence-corrected chi connectivity index (χ2v) is 7.69. The van der Waals surface area contributed by atoms with Crippen LogP contribution in [0.3, 0.4) is 0 Å². The molecule has 0 saturated carbocycles. The van der Waals surface area contributed by atoms with Gasteiger partial charge in [0.2, 0.25) is 0 Å². The molecule has 0 spiro atoms. The maximum Gasteiger partial charge on any atom is 0.416 e. The van der Waals surface area contributed by atoms with E-state index < -0.39 is 22.6 Å². The zero-order valence-corrected chi connectivity index (χ0v) is 17.8. The molecule has 178 valence electrons. The van der Waals surface area contributed by atoms with Gasteiger partial charge in [0, 0.05) is 42.4 Å². The standard InChI is InChI=1S/C22H20F3N5O4/c23-22(24,25)17-2-1-3-18(12-17)26-20(31)16-6-4-15(5-7-16)13-28-8-9-29-14-19(30(32)33)27-21(29)34-11-10-28/h1-7,12,14H,8-11,13H2,(H,26,31). The van der Waals surface area contributed by atoms with Crippen LogP contribution in [0.4, 0.5) is 24.7 Å². The third-order valence-electron chi connectivity index (χ3n) is 5.28. The van der Waals surface area contributed by atoms with Crippen molar-refractivity contribution in [3.05, 3.63) is 81.5 Å². The first kappa shape index (κ1) is 23.2. The second kappa shape index (κ2) is 9.51. The molecule has 1 amide bonds. The minimum absolute atomic E-state index is 0.0589. The predicted octanol–water partition coefficient (Wildman–Crippen LogP) is 3.96. The number of carbonyl (C=O) groups is 1. The topological polar surface area (TPSA) is 103 Å². The van der Waals surface area contributed by atoms with Crippen LogP contribution in [0.2, 0.25) is 0 Å². The normalized spacial score (nSPS) is 14.4. The van der Waals surface area contributed by atoms with Crippen molar-refractivity contribution in [3.8, 4) is 6.01 Å². The van der Waals surface area contributed by atoms with E-state index in [0.717, 1.165) is 17.7 Å². The van der Waals surface area contributed by atoms with Crippen LogP contribution in [-0.2, 0) is 19.3 Å². The molecule has 0 atom stereocenters. The molecular formula is C22H20F3N5O4. The largest absolute Gasteiger partial charge is 0.444 e. The molecule has 0 saturated heterocycles. The quantitative estimate of drug-likeness (QED) is 0.443. The van der Waals surface area contributed by atoms with Crippen LogP contribution in [0.5, 0.6) is 6.01 Å². The van der Waals surface area contributed by atoms with Gasteiger partial charge in [-0.05, 0) is 40.8 Å². The molecule has 0 radical (unpaired) electrons. The molecule has 1 aliphatic heterocycles. The summed E-state index contributed by atoms with van der Waals surface area (Å²) in [5.74, 6) is -0.776. The minimum atomic E-state index is -4.49. The first-order valence-corrected chi connectivity index (χ1v) is 10.3. The van der Waals surface area contributed by atoms with Crippen LogP contribution in [0.15, 0.2) is 54.7 Å². The number of benzene rings is 2. The molecule has 0 aliphatic carbocycles. The van der Waals surface area contributed by atoms with Crippen molar-refractivity contribution < 1.29 is 27.6 Å². The summed E-state index contributed by atoms with van der Waals surface area (Å²) in [7, 11) is 0. The van der Waals surface area contributed by atoms with Gasteiger partial charge in [0.05, 0.1) is 5.56 Å². The lowest BCUT2D eigenvalue weighted by atomic mass is 10.1. The Morgan fingerprint density at radius 2 is 1.91 bits per heavy atom. The van der Waals surface area contributed by atoms with E-state index in [4.69, 9.17) is 4.74 Å². The minimum Gasteiger partial charge on any atom is -0.444 e. The molecule has 12 heteroatoms. The van der Waals surface area contributed by atoms with Gasteiger partial charge < -0.3 is 20.2 Å². The third kappa shape index (κ3) is 5.52. The molecule has 1 aliphatic rings. The molecule has 1 aromatic heterocycles. The van der Waals surface area contributed by atoms with E-state index in [1.54, 1.807) is 28.8 Å². The smallest absolute Gasteiger partial charge is 0.416 e. The Hall–Kier alpha value is -3.93. The third-order valence-corrected chi connectivity index (χ3v) is 5.28. The van der Waals surface area contributed by atoms with Crippen molar-refractivity contribution in [2.24, 2.45) is 0 Å². The number of anilines is 1.